The van der Waals surface area contributed by atoms with Gasteiger partial charge in [0.05, 0.1) is 22.1 Å². The van der Waals surface area contributed by atoms with Gasteiger partial charge in [0.2, 0.25) is 11.8 Å². The maximum Gasteiger partial charge on any atom is 0.261 e. The summed E-state index contributed by atoms with van der Waals surface area (Å²) in [7, 11) is 0. The largest absolute Gasteiger partial charge is 0.342 e. The molecule has 3 N–H and O–H groups in total. The Morgan fingerprint density at radius 2 is 1.86 bits per heavy atom. The molecule has 0 spiro atoms. The molecule has 0 bridgehead atoms. The number of aromatic nitrogens is 2. The summed E-state index contributed by atoms with van der Waals surface area (Å²) in [6.45, 7) is -0.151. The van der Waals surface area contributed by atoms with Crippen LogP contribution in [0.5, 0.6) is 0 Å². The molecule has 8 nitrogen and oxygen atoms in total. The molecule has 3 amide bonds. The molecule has 0 saturated heterocycles. The molecule has 4 rings (SSSR count). The van der Waals surface area contributed by atoms with Gasteiger partial charge in [0.15, 0.2) is 0 Å². The van der Waals surface area contributed by atoms with E-state index < -0.39 is 0 Å². The normalized spacial score (nSPS) is 13.0. The third-order valence-corrected chi connectivity index (χ3v) is 5.35. The van der Waals surface area contributed by atoms with Crippen molar-refractivity contribution in [1.82, 2.24) is 15.1 Å². The Morgan fingerprint density at radius 1 is 1.07 bits per heavy atom. The summed E-state index contributed by atoms with van der Waals surface area (Å²) in [5.41, 5.74) is 1.50. The van der Waals surface area contributed by atoms with E-state index in [1.54, 1.807) is 35.1 Å². The lowest BCUT2D eigenvalue weighted by Gasteiger charge is -2.07. The van der Waals surface area contributed by atoms with Crippen LogP contribution < -0.4 is 16.0 Å². The first-order valence-electron chi connectivity index (χ1n) is 9.17. The van der Waals surface area contributed by atoms with Crippen molar-refractivity contribution in [3.05, 3.63) is 59.7 Å². The van der Waals surface area contributed by atoms with Gasteiger partial charge < -0.3 is 16.0 Å². The Bertz CT molecular complexity index is 1020. The van der Waals surface area contributed by atoms with Crippen molar-refractivity contribution >= 4 is 39.7 Å². The predicted molar refractivity (Wildman–Crippen MR) is 110 cm³/mol. The second kappa shape index (κ2) is 8.27. The molecule has 9 heteroatoms. The minimum absolute atomic E-state index is 0.00300. The van der Waals surface area contributed by atoms with Crippen LogP contribution in [0.3, 0.4) is 0 Å². The molecule has 148 valence electrons. The van der Waals surface area contributed by atoms with E-state index in [1.807, 2.05) is 24.4 Å². The van der Waals surface area contributed by atoms with E-state index in [0.29, 0.717) is 15.6 Å². The van der Waals surface area contributed by atoms with Crippen LogP contribution in [-0.2, 0) is 9.59 Å². The minimum atomic E-state index is -0.355. The number of rotatable bonds is 7. The number of thiophene rings is 1. The van der Waals surface area contributed by atoms with Crippen LogP contribution in [0.25, 0.3) is 5.69 Å². The summed E-state index contributed by atoms with van der Waals surface area (Å²) in [5, 5.41) is 12.9. The van der Waals surface area contributed by atoms with Gasteiger partial charge in [-0.1, -0.05) is 0 Å². The maximum absolute atomic E-state index is 12.2. The van der Waals surface area contributed by atoms with E-state index in [2.05, 4.69) is 21.0 Å². The Kier molecular flexibility index (Phi) is 5.39. The molecule has 2 aromatic heterocycles. The van der Waals surface area contributed by atoms with Gasteiger partial charge >= 0.3 is 0 Å². The molecule has 3 aromatic rings. The standard InChI is InChI=1S/C20H19N5O3S/c26-17(23-14-4-6-15(7-5-14)25-11-1-10-22-25)12-21-20(28)16-8-9-18(29-16)24-19(27)13-2-3-13/h1,4-11,13H,2-3,12H2,(H,21,28)(H,23,26)(H,24,27). The molecule has 29 heavy (non-hydrogen) atoms. The molecule has 0 radical (unpaired) electrons. The maximum atomic E-state index is 12.2. The zero-order chi connectivity index (χ0) is 20.2. The van der Waals surface area contributed by atoms with Gasteiger partial charge in [-0.2, -0.15) is 5.10 Å². The van der Waals surface area contributed by atoms with Crippen LogP contribution in [0.4, 0.5) is 10.7 Å². The van der Waals surface area contributed by atoms with Gasteiger partial charge in [0.25, 0.3) is 5.91 Å². The fourth-order valence-electron chi connectivity index (χ4n) is 2.67. The van der Waals surface area contributed by atoms with Crippen LogP contribution in [-0.4, -0.2) is 34.0 Å². The highest BCUT2D eigenvalue weighted by Gasteiger charge is 2.29. The smallest absolute Gasteiger partial charge is 0.261 e. The molecule has 0 atom stereocenters. The van der Waals surface area contributed by atoms with E-state index >= 15 is 0 Å². The van der Waals surface area contributed by atoms with Crippen LogP contribution >= 0.6 is 11.3 Å². The number of hydrogen-bond donors (Lipinski definition) is 3. The Morgan fingerprint density at radius 3 is 2.55 bits per heavy atom. The van der Waals surface area contributed by atoms with Gasteiger partial charge in [-0.25, -0.2) is 4.68 Å². The average molecular weight is 409 g/mol. The average Bonchev–Trinajstić information content (AvgIpc) is 3.23. The molecule has 1 saturated carbocycles. The highest BCUT2D eigenvalue weighted by atomic mass is 32.1. The fraction of sp³-hybridized carbons (Fsp3) is 0.200. The molecule has 1 aliphatic rings. The molecule has 0 unspecified atom stereocenters. The molecular formula is C20H19N5O3S. The van der Waals surface area contributed by atoms with Gasteiger partial charge in [-0.15, -0.1) is 11.3 Å². The third-order valence-electron chi connectivity index (χ3n) is 4.35. The van der Waals surface area contributed by atoms with Gasteiger partial charge in [-0.05, 0) is 55.3 Å². The number of amides is 3. The summed E-state index contributed by atoms with van der Waals surface area (Å²) in [6, 6.07) is 12.4. The highest BCUT2D eigenvalue weighted by Crippen LogP contribution is 2.31. The van der Waals surface area contributed by atoms with Crippen LogP contribution in [0.2, 0.25) is 0 Å². The summed E-state index contributed by atoms with van der Waals surface area (Å²) >= 11 is 1.19. The molecule has 1 aliphatic carbocycles. The summed E-state index contributed by atoms with van der Waals surface area (Å²) < 4.78 is 1.72. The fourth-order valence-corrected chi connectivity index (χ4v) is 3.49. The highest BCUT2D eigenvalue weighted by molar-refractivity contribution is 7.18. The van der Waals surface area contributed by atoms with E-state index in [-0.39, 0.29) is 30.2 Å². The van der Waals surface area contributed by atoms with Crippen molar-refractivity contribution in [2.75, 3.05) is 17.2 Å². The third kappa shape index (κ3) is 4.88. The number of carbonyl (C=O) groups excluding carboxylic acids is 3. The van der Waals surface area contributed by atoms with E-state index in [1.165, 1.54) is 11.3 Å². The molecule has 0 aliphatic heterocycles. The topological polar surface area (TPSA) is 105 Å². The predicted octanol–water partition coefficient (Wildman–Crippen LogP) is 2.65. The van der Waals surface area contributed by atoms with Crippen molar-refractivity contribution in [3.63, 3.8) is 0 Å². The number of nitrogens with one attached hydrogen (secondary N) is 3. The van der Waals surface area contributed by atoms with Crippen molar-refractivity contribution in [1.29, 1.82) is 0 Å². The number of nitrogens with zero attached hydrogens (tertiary/aromatic N) is 2. The van der Waals surface area contributed by atoms with Crippen molar-refractivity contribution in [3.8, 4) is 5.69 Å². The van der Waals surface area contributed by atoms with Gasteiger partial charge in [-0.3, -0.25) is 14.4 Å². The van der Waals surface area contributed by atoms with Gasteiger partial charge in [0.1, 0.15) is 0 Å². The zero-order valence-corrected chi connectivity index (χ0v) is 16.2. The van der Waals surface area contributed by atoms with E-state index in [4.69, 9.17) is 0 Å². The lowest BCUT2D eigenvalue weighted by Crippen LogP contribution is -2.32. The quantitative estimate of drug-likeness (QED) is 0.558. The Labute approximate surface area is 170 Å². The second-order valence-corrected chi connectivity index (χ2v) is 7.74. The lowest BCUT2D eigenvalue weighted by molar-refractivity contribution is -0.117. The number of benzene rings is 1. The first kappa shape index (κ1) is 18.9. The second-order valence-electron chi connectivity index (χ2n) is 6.66. The van der Waals surface area contributed by atoms with Crippen LogP contribution in [0.1, 0.15) is 22.5 Å². The summed E-state index contributed by atoms with van der Waals surface area (Å²) in [5.74, 6) is -0.585. The molecule has 1 fully saturated rings. The first-order chi connectivity index (χ1) is 14.1. The van der Waals surface area contributed by atoms with Crippen LogP contribution in [0.15, 0.2) is 54.9 Å². The van der Waals surface area contributed by atoms with E-state index in [9.17, 15) is 14.4 Å². The Hall–Kier alpha value is -3.46. The monoisotopic (exact) mass is 409 g/mol. The van der Waals surface area contributed by atoms with E-state index in [0.717, 1.165) is 18.5 Å². The molecule has 2 heterocycles. The number of carbonyl (C=O) groups is 3. The Balaban J connectivity index is 1.25. The minimum Gasteiger partial charge on any atom is -0.342 e. The van der Waals surface area contributed by atoms with Crippen LogP contribution in [0, 0.1) is 5.92 Å². The number of hydrogen-bond acceptors (Lipinski definition) is 5. The van der Waals surface area contributed by atoms with Crippen molar-refractivity contribution < 1.29 is 14.4 Å². The van der Waals surface area contributed by atoms with Crippen molar-refractivity contribution in [2.45, 2.75) is 12.8 Å². The number of anilines is 2. The molecule has 1 aromatic carbocycles. The molecular weight excluding hydrogens is 390 g/mol. The lowest BCUT2D eigenvalue weighted by atomic mass is 10.3. The summed E-state index contributed by atoms with van der Waals surface area (Å²) in [4.78, 5) is 36.5. The van der Waals surface area contributed by atoms with Crippen molar-refractivity contribution in [2.24, 2.45) is 5.92 Å². The summed E-state index contributed by atoms with van der Waals surface area (Å²) in [6.07, 6.45) is 5.36. The first-order valence-corrected chi connectivity index (χ1v) is 9.99. The van der Waals surface area contributed by atoms with Gasteiger partial charge in [0, 0.05) is 24.0 Å². The zero-order valence-electron chi connectivity index (χ0n) is 15.4. The SMILES string of the molecule is O=C(CNC(=O)c1ccc(NC(=O)C2CC2)s1)Nc1ccc(-n2cccn2)cc1.